The molecule has 0 radical (unpaired) electrons. The highest BCUT2D eigenvalue weighted by atomic mass is 32.2. The molecule has 5 heteroatoms. The van der Waals surface area contributed by atoms with Gasteiger partial charge in [0, 0.05) is 5.75 Å². The SMILES string of the molecule is CCCCCSc1nc(C(=O)O)co1. The second-order valence-electron chi connectivity index (χ2n) is 2.86. The van der Waals surface area contributed by atoms with Gasteiger partial charge >= 0.3 is 5.97 Å². The third kappa shape index (κ3) is 3.41. The van der Waals surface area contributed by atoms with E-state index in [1.165, 1.54) is 30.9 Å². The van der Waals surface area contributed by atoms with Crippen LogP contribution < -0.4 is 0 Å². The van der Waals surface area contributed by atoms with E-state index in [9.17, 15) is 4.79 Å². The molecule has 0 saturated heterocycles. The molecule has 0 fully saturated rings. The van der Waals surface area contributed by atoms with Crippen molar-refractivity contribution in [2.24, 2.45) is 0 Å². The summed E-state index contributed by atoms with van der Waals surface area (Å²) in [6, 6.07) is 0. The molecular weight excluding hydrogens is 202 g/mol. The van der Waals surface area contributed by atoms with Gasteiger partial charge in [-0.15, -0.1) is 0 Å². The topological polar surface area (TPSA) is 63.3 Å². The maximum Gasteiger partial charge on any atom is 0.357 e. The zero-order chi connectivity index (χ0) is 10.4. The summed E-state index contributed by atoms with van der Waals surface area (Å²) in [5.74, 6) is -0.123. The molecule has 0 bridgehead atoms. The molecule has 0 aliphatic rings. The van der Waals surface area contributed by atoms with Gasteiger partial charge < -0.3 is 9.52 Å². The van der Waals surface area contributed by atoms with Crippen molar-refractivity contribution in [3.63, 3.8) is 0 Å². The number of carboxylic acids is 1. The van der Waals surface area contributed by atoms with E-state index in [1.54, 1.807) is 0 Å². The normalized spacial score (nSPS) is 10.4. The standard InChI is InChI=1S/C9H13NO3S/c1-2-3-4-5-14-9-10-7(6-13-9)8(11)12/h6H,2-5H2,1H3,(H,11,12). The van der Waals surface area contributed by atoms with Gasteiger partial charge in [-0.25, -0.2) is 4.79 Å². The number of hydrogen-bond acceptors (Lipinski definition) is 4. The highest BCUT2D eigenvalue weighted by molar-refractivity contribution is 7.99. The third-order valence-electron chi connectivity index (χ3n) is 1.68. The lowest BCUT2D eigenvalue weighted by atomic mass is 10.3. The van der Waals surface area contributed by atoms with E-state index in [1.807, 2.05) is 0 Å². The lowest BCUT2D eigenvalue weighted by molar-refractivity contribution is 0.0690. The van der Waals surface area contributed by atoms with E-state index in [0.29, 0.717) is 5.22 Å². The third-order valence-corrected chi connectivity index (χ3v) is 2.60. The molecule has 0 amide bonds. The number of carboxylic acid groups (broad SMARTS) is 1. The highest BCUT2D eigenvalue weighted by Gasteiger charge is 2.09. The zero-order valence-electron chi connectivity index (χ0n) is 8.02. The van der Waals surface area contributed by atoms with Crippen LogP contribution in [0.4, 0.5) is 0 Å². The zero-order valence-corrected chi connectivity index (χ0v) is 8.84. The molecule has 0 unspecified atom stereocenters. The quantitative estimate of drug-likeness (QED) is 0.583. The molecular formula is C9H13NO3S. The first-order valence-electron chi connectivity index (χ1n) is 4.55. The Kier molecular flexibility index (Phi) is 4.52. The van der Waals surface area contributed by atoms with Crippen molar-refractivity contribution in [2.75, 3.05) is 5.75 Å². The lowest BCUT2D eigenvalue weighted by Crippen LogP contribution is -1.95. The Balaban J connectivity index is 2.33. The fraction of sp³-hybridized carbons (Fsp3) is 0.556. The summed E-state index contributed by atoms with van der Waals surface area (Å²) in [6.07, 6.45) is 4.63. The summed E-state index contributed by atoms with van der Waals surface area (Å²) < 4.78 is 4.98. The maximum absolute atomic E-state index is 10.5. The van der Waals surface area contributed by atoms with Crippen molar-refractivity contribution in [1.82, 2.24) is 4.98 Å². The number of aromatic nitrogens is 1. The van der Waals surface area contributed by atoms with Crippen LogP contribution in [0.1, 0.15) is 36.7 Å². The van der Waals surface area contributed by atoms with Crippen molar-refractivity contribution in [3.8, 4) is 0 Å². The summed E-state index contributed by atoms with van der Waals surface area (Å²) in [7, 11) is 0. The first kappa shape index (κ1) is 11.1. The van der Waals surface area contributed by atoms with E-state index in [-0.39, 0.29) is 5.69 Å². The van der Waals surface area contributed by atoms with Gasteiger partial charge in [-0.05, 0) is 6.42 Å². The van der Waals surface area contributed by atoms with Crippen molar-refractivity contribution >= 4 is 17.7 Å². The van der Waals surface area contributed by atoms with E-state index < -0.39 is 5.97 Å². The molecule has 14 heavy (non-hydrogen) atoms. The predicted molar refractivity (Wildman–Crippen MR) is 53.7 cm³/mol. The Hall–Kier alpha value is -0.970. The summed E-state index contributed by atoms with van der Waals surface area (Å²) in [5.41, 5.74) is -0.0250. The summed E-state index contributed by atoms with van der Waals surface area (Å²) in [4.78, 5) is 14.3. The number of thioether (sulfide) groups is 1. The van der Waals surface area contributed by atoms with Gasteiger partial charge in [-0.3, -0.25) is 0 Å². The van der Waals surface area contributed by atoms with Gasteiger partial charge in [0.05, 0.1) is 0 Å². The van der Waals surface area contributed by atoms with Crippen LogP contribution >= 0.6 is 11.8 Å². The van der Waals surface area contributed by atoms with E-state index >= 15 is 0 Å². The fourth-order valence-electron chi connectivity index (χ4n) is 0.933. The van der Waals surface area contributed by atoms with Gasteiger partial charge in [0.25, 0.3) is 5.22 Å². The van der Waals surface area contributed by atoms with Gasteiger partial charge in [0.2, 0.25) is 0 Å². The van der Waals surface area contributed by atoms with E-state index in [4.69, 9.17) is 9.52 Å². The van der Waals surface area contributed by atoms with Gasteiger partial charge in [0.15, 0.2) is 5.69 Å². The van der Waals surface area contributed by atoms with Gasteiger partial charge in [-0.1, -0.05) is 31.5 Å². The Labute approximate surface area is 86.7 Å². The predicted octanol–water partition coefficient (Wildman–Crippen LogP) is 2.66. The minimum Gasteiger partial charge on any atom is -0.476 e. The lowest BCUT2D eigenvalue weighted by Gasteiger charge is -1.94. The number of hydrogen-bond donors (Lipinski definition) is 1. The summed E-state index contributed by atoms with van der Waals surface area (Å²) >= 11 is 1.46. The molecule has 0 saturated carbocycles. The van der Waals surface area contributed by atoms with Crippen molar-refractivity contribution in [2.45, 2.75) is 31.4 Å². The first-order valence-corrected chi connectivity index (χ1v) is 5.54. The molecule has 1 N–H and O–H groups in total. The second kappa shape index (κ2) is 5.70. The monoisotopic (exact) mass is 215 g/mol. The van der Waals surface area contributed by atoms with Gasteiger partial charge in [0.1, 0.15) is 6.26 Å². The van der Waals surface area contributed by atoms with Crippen molar-refractivity contribution < 1.29 is 14.3 Å². The van der Waals surface area contributed by atoms with Crippen LogP contribution in [-0.4, -0.2) is 21.8 Å². The Morgan fingerprint density at radius 3 is 3.00 bits per heavy atom. The number of oxazole rings is 1. The first-order chi connectivity index (χ1) is 6.74. The summed E-state index contributed by atoms with van der Waals surface area (Å²) in [6.45, 7) is 2.14. The number of carbonyl (C=O) groups is 1. The Morgan fingerprint density at radius 2 is 2.43 bits per heavy atom. The molecule has 1 heterocycles. The molecule has 1 rings (SSSR count). The van der Waals surface area contributed by atoms with Gasteiger partial charge in [-0.2, -0.15) is 4.98 Å². The van der Waals surface area contributed by atoms with Crippen LogP contribution in [0.15, 0.2) is 15.9 Å². The number of rotatable bonds is 6. The van der Waals surface area contributed by atoms with Crippen LogP contribution in [0.5, 0.6) is 0 Å². The van der Waals surface area contributed by atoms with Crippen molar-refractivity contribution in [3.05, 3.63) is 12.0 Å². The minimum atomic E-state index is -1.05. The number of unbranched alkanes of at least 4 members (excludes halogenated alkanes) is 2. The Bertz CT molecular complexity index is 298. The highest BCUT2D eigenvalue weighted by Crippen LogP contribution is 2.18. The molecule has 0 atom stereocenters. The maximum atomic E-state index is 10.5. The van der Waals surface area contributed by atoms with Crippen molar-refractivity contribution in [1.29, 1.82) is 0 Å². The molecule has 0 aliphatic carbocycles. The average molecular weight is 215 g/mol. The molecule has 78 valence electrons. The number of aromatic carboxylic acids is 1. The average Bonchev–Trinajstić information content (AvgIpc) is 2.61. The van der Waals surface area contributed by atoms with E-state index in [2.05, 4.69) is 11.9 Å². The molecule has 4 nitrogen and oxygen atoms in total. The van der Waals surface area contributed by atoms with Crippen LogP contribution in [0.3, 0.4) is 0 Å². The van der Waals surface area contributed by atoms with Crippen LogP contribution in [0, 0.1) is 0 Å². The molecule has 0 aromatic carbocycles. The van der Waals surface area contributed by atoms with E-state index in [0.717, 1.165) is 12.2 Å². The fourth-order valence-corrected chi connectivity index (χ4v) is 1.74. The summed E-state index contributed by atoms with van der Waals surface area (Å²) in [5, 5.41) is 9.02. The minimum absolute atomic E-state index is 0.0250. The molecule has 0 aliphatic heterocycles. The molecule has 1 aromatic rings. The van der Waals surface area contributed by atoms with Crippen LogP contribution in [0.2, 0.25) is 0 Å². The number of nitrogens with zero attached hydrogens (tertiary/aromatic N) is 1. The molecule has 0 spiro atoms. The van der Waals surface area contributed by atoms with Crippen LogP contribution in [0.25, 0.3) is 0 Å². The molecule has 1 aromatic heterocycles. The second-order valence-corrected chi connectivity index (χ2v) is 3.91. The largest absolute Gasteiger partial charge is 0.476 e. The smallest absolute Gasteiger partial charge is 0.357 e. The Morgan fingerprint density at radius 1 is 1.64 bits per heavy atom. The van der Waals surface area contributed by atoms with Crippen LogP contribution in [-0.2, 0) is 0 Å².